The zero-order valence-corrected chi connectivity index (χ0v) is 16.2. The average molecular weight is 399 g/mol. The first-order valence-electron chi connectivity index (χ1n) is 8.30. The van der Waals surface area contributed by atoms with Crippen molar-refractivity contribution in [2.24, 2.45) is 0 Å². The topological polar surface area (TPSA) is 67.4 Å². The number of carbonyl (C=O) groups excluding carboxylic acids is 2. The highest BCUT2D eigenvalue weighted by atomic mass is 32.1. The van der Waals surface area contributed by atoms with E-state index >= 15 is 0 Å². The minimum atomic E-state index is -0.391. The molecule has 2 amide bonds. The maximum absolute atomic E-state index is 12.7. The van der Waals surface area contributed by atoms with Crippen LogP contribution in [0.25, 0.3) is 6.08 Å². The van der Waals surface area contributed by atoms with Crippen LogP contribution in [0.3, 0.4) is 0 Å². The molecule has 1 aromatic carbocycles. The molecule has 0 spiro atoms. The van der Waals surface area contributed by atoms with E-state index in [1.54, 1.807) is 42.5 Å². The average Bonchev–Trinajstić information content (AvgIpc) is 3.37. The van der Waals surface area contributed by atoms with Crippen molar-refractivity contribution in [2.45, 2.75) is 6.92 Å². The summed E-state index contributed by atoms with van der Waals surface area (Å²) in [5.41, 5.74) is 0.802. The van der Waals surface area contributed by atoms with Gasteiger partial charge in [-0.05, 0) is 60.2 Å². The Bertz CT molecular complexity index is 915. The van der Waals surface area contributed by atoms with Gasteiger partial charge in [-0.15, -0.1) is 22.7 Å². The molecular formula is C20H18N2O3S2. The molecule has 0 aliphatic carbocycles. The lowest BCUT2D eigenvalue weighted by molar-refractivity contribution is -0.113. The molecule has 3 aromatic rings. The van der Waals surface area contributed by atoms with Gasteiger partial charge in [0, 0.05) is 10.6 Å². The normalized spacial score (nSPS) is 11.1. The van der Waals surface area contributed by atoms with Crippen molar-refractivity contribution in [1.29, 1.82) is 0 Å². The Morgan fingerprint density at radius 1 is 1.04 bits per heavy atom. The van der Waals surface area contributed by atoms with Crippen LogP contribution in [0, 0.1) is 0 Å². The van der Waals surface area contributed by atoms with E-state index in [0.717, 1.165) is 10.6 Å². The SMILES string of the molecule is CCOc1ccc(NC(=O)C(=Cc2cccs2)NC(=O)c2cccs2)cc1. The Morgan fingerprint density at radius 3 is 2.41 bits per heavy atom. The number of benzene rings is 1. The summed E-state index contributed by atoms with van der Waals surface area (Å²) in [7, 11) is 0. The van der Waals surface area contributed by atoms with E-state index in [0.29, 0.717) is 17.2 Å². The Hall–Kier alpha value is -2.90. The zero-order chi connectivity index (χ0) is 19.1. The zero-order valence-electron chi connectivity index (χ0n) is 14.6. The summed E-state index contributed by atoms with van der Waals surface area (Å²) < 4.78 is 5.40. The number of carbonyl (C=O) groups is 2. The molecule has 0 aliphatic rings. The number of amides is 2. The summed E-state index contributed by atoms with van der Waals surface area (Å²) in [4.78, 5) is 26.5. The molecular weight excluding hydrogens is 380 g/mol. The van der Waals surface area contributed by atoms with Crippen molar-refractivity contribution in [3.63, 3.8) is 0 Å². The second-order valence-electron chi connectivity index (χ2n) is 5.42. The van der Waals surface area contributed by atoms with Crippen LogP contribution in [0.4, 0.5) is 5.69 Å². The summed E-state index contributed by atoms with van der Waals surface area (Å²) in [5, 5.41) is 9.25. The first-order chi connectivity index (χ1) is 13.2. The first-order valence-corrected chi connectivity index (χ1v) is 10.1. The van der Waals surface area contributed by atoms with Gasteiger partial charge in [0.1, 0.15) is 11.4 Å². The minimum absolute atomic E-state index is 0.185. The number of anilines is 1. The van der Waals surface area contributed by atoms with Gasteiger partial charge < -0.3 is 15.4 Å². The number of ether oxygens (including phenoxy) is 1. The van der Waals surface area contributed by atoms with E-state index in [2.05, 4.69) is 10.6 Å². The van der Waals surface area contributed by atoms with Crippen LogP contribution >= 0.6 is 22.7 Å². The molecule has 7 heteroatoms. The molecule has 27 heavy (non-hydrogen) atoms. The summed E-state index contributed by atoms with van der Waals surface area (Å²) in [6.07, 6.45) is 1.67. The Labute approximate surface area is 165 Å². The number of hydrogen-bond donors (Lipinski definition) is 2. The molecule has 0 saturated carbocycles. The maximum Gasteiger partial charge on any atom is 0.272 e. The van der Waals surface area contributed by atoms with E-state index in [-0.39, 0.29) is 11.6 Å². The van der Waals surface area contributed by atoms with Crippen LogP contribution in [0.5, 0.6) is 5.75 Å². The second-order valence-corrected chi connectivity index (χ2v) is 7.34. The largest absolute Gasteiger partial charge is 0.494 e. The van der Waals surface area contributed by atoms with Gasteiger partial charge in [-0.2, -0.15) is 0 Å². The van der Waals surface area contributed by atoms with Crippen molar-refractivity contribution < 1.29 is 14.3 Å². The predicted octanol–water partition coefficient (Wildman–Crippen LogP) is 4.62. The molecule has 0 saturated heterocycles. The highest BCUT2D eigenvalue weighted by Crippen LogP contribution is 2.18. The highest BCUT2D eigenvalue weighted by Gasteiger charge is 2.16. The lowest BCUT2D eigenvalue weighted by Gasteiger charge is -2.11. The molecule has 3 rings (SSSR count). The summed E-state index contributed by atoms with van der Waals surface area (Å²) in [6, 6.07) is 14.4. The van der Waals surface area contributed by atoms with E-state index in [4.69, 9.17) is 4.74 Å². The van der Waals surface area contributed by atoms with Gasteiger partial charge in [-0.3, -0.25) is 9.59 Å². The van der Waals surface area contributed by atoms with Crippen LogP contribution in [-0.4, -0.2) is 18.4 Å². The van der Waals surface area contributed by atoms with E-state index in [1.807, 2.05) is 29.8 Å². The smallest absolute Gasteiger partial charge is 0.272 e. The maximum atomic E-state index is 12.7. The van der Waals surface area contributed by atoms with Crippen LogP contribution in [0.1, 0.15) is 21.5 Å². The van der Waals surface area contributed by atoms with Gasteiger partial charge in [-0.25, -0.2) is 0 Å². The third kappa shape index (κ3) is 5.29. The van der Waals surface area contributed by atoms with Gasteiger partial charge in [0.2, 0.25) is 0 Å². The third-order valence-corrected chi connectivity index (χ3v) is 5.18. The van der Waals surface area contributed by atoms with Gasteiger partial charge in [0.25, 0.3) is 11.8 Å². The van der Waals surface area contributed by atoms with E-state index in [1.165, 1.54) is 22.7 Å². The molecule has 0 fully saturated rings. The van der Waals surface area contributed by atoms with Crippen molar-refractivity contribution in [1.82, 2.24) is 5.32 Å². The molecule has 0 aliphatic heterocycles. The van der Waals surface area contributed by atoms with Gasteiger partial charge in [0.05, 0.1) is 11.5 Å². The second kappa shape index (κ2) is 9.16. The highest BCUT2D eigenvalue weighted by molar-refractivity contribution is 7.12. The molecule has 0 radical (unpaired) electrons. The fraction of sp³-hybridized carbons (Fsp3) is 0.100. The van der Waals surface area contributed by atoms with E-state index in [9.17, 15) is 9.59 Å². The molecule has 0 unspecified atom stereocenters. The van der Waals surface area contributed by atoms with Crippen LogP contribution in [0.15, 0.2) is 65.0 Å². The molecule has 2 aromatic heterocycles. The van der Waals surface area contributed by atoms with Crippen molar-refractivity contribution >= 4 is 46.3 Å². The molecule has 2 heterocycles. The summed E-state index contributed by atoms with van der Waals surface area (Å²) >= 11 is 2.81. The Morgan fingerprint density at radius 2 is 1.78 bits per heavy atom. The van der Waals surface area contributed by atoms with Crippen LogP contribution in [0.2, 0.25) is 0 Å². The number of nitrogens with one attached hydrogen (secondary N) is 2. The molecule has 0 bridgehead atoms. The third-order valence-electron chi connectivity index (χ3n) is 3.49. The van der Waals surface area contributed by atoms with Gasteiger partial charge >= 0.3 is 0 Å². The van der Waals surface area contributed by atoms with Crippen LogP contribution < -0.4 is 15.4 Å². The van der Waals surface area contributed by atoms with E-state index < -0.39 is 5.91 Å². The lowest BCUT2D eigenvalue weighted by atomic mass is 10.2. The first kappa shape index (κ1) is 18.9. The Kier molecular flexibility index (Phi) is 6.40. The molecule has 0 atom stereocenters. The predicted molar refractivity (Wildman–Crippen MR) is 110 cm³/mol. The fourth-order valence-corrected chi connectivity index (χ4v) is 3.54. The number of hydrogen-bond acceptors (Lipinski definition) is 5. The molecule has 5 nitrogen and oxygen atoms in total. The molecule has 138 valence electrons. The fourth-order valence-electron chi connectivity index (χ4n) is 2.27. The van der Waals surface area contributed by atoms with Crippen molar-refractivity contribution in [3.8, 4) is 5.75 Å². The van der Waals surface area contributed by atoms with Crippen molar-refractivity contribution in [3.05, 3.63) is 74.7 Å². The lowest BCUT2D eigenvalue weighted by Crippen LogP contribution is -2.30. The van der Waals surface area contributed by atoms with Crippen molar-refractivity contribution in [2.75, 3.05) is 11.9 Å². The summed E-state index contributed by atoms with van der Waals surface area (Å²) in [6.45, 7) is 2.49. The van der Waals surface area contributed by atoms with Gasteiger partial charge in [0.15, 0.2) is 0 Å². The number of rotatable bonds is 7. The van der Waals surface area contributed by atoms with Crippen LogP contribution in [-0.2, 0) is 4.79 Å². The van der Waals surface area contributed by atoms with Gasteiger partial charge in [-0.1, -0.05) is 12.1 Å². The quantitative estimate of drug-likeness (QED) is 0.571. The monoisotopic (exact) mass is 398 g/mol. The minimum Gasteiger partial charge on any atom is -0.494 e. The summed E-state index contributed by atoms with van der Waals surface area (Å²) in [5.74, 6) is 0.0305. The molecule has 2 N–H and O–H groups in total. The Balaban J connectivity index is 1.77. The number of thiophene rings is 2. The standard InChI is InChI=1S/C20H18N2O3S2/c1-2-25-15-9-7-14(8-10-15)21-19(23)17(13-16-5-3-11-26-16)22-20(24)18-6-4-12-27-18/h3-13H,2H2,1H3,(H,21,23)(H,22,24).